The maximum absolute atomic E-state index is 5.37. The Balaban J connectivity index is 2.18. The number of hydrogen-bond acceptors (Lipinski definition) is 4. The monoisotopic (exact) mass is 213 g/mol. The first-order chi connectivity index (χ1) is 7.83. The summed E-state index contributed by atoms with van der Waals surface area (Å²) in [6, 6.07) is 14.0. The molecule has 1 aromatic heterocycles. The molecule has 0 saturated heterocycles. The van der Waals surface area contributed by atoms with Gasteiger partial charge in [-0.3, -0.25) is 4.52 Å². The first-order valence-electron chi connectivity index (χ1n) is 4.84. The normalized spacial score (nSPS) is 10.8. The lowest BCUT2D eigenvalue weighted by atomic mass is 10.1. The van der Waals surface area contributed by atoms with Gasteiger partial charge in [0.05, 0.1) is 5.10 Å². The van der Waals surface area contributed by atoms with E-state index in [0.29, 0.717) is 0 Å². The highest BCUT2D eigenvalue weighted by Crippen LogP contribution is 2.15. The van der Waals surface area contributed by atoms with E-state index in [4.69, 9.17) is 10.3 Å². The summed E-state index contributed by atoms with van der Waals surface area (Å²) in [6.07, 6.45) is 0. The number of benzene rings is 2. The van der Waals surface area contributed by atoms with Crippen LogP contribution in [0.15, 0.2) is 47.0 Å². The molecule has 3 aromatic rings. The van der Waals surface area contributed by atoms with Gasteiger partial charge in [0.25, 0.3) is 5.69 Å². The summed E-state index contributed by atoms with van der Waals surface area (Å²) in [6.45, 7) is 0. The van der Waals surface area contributed by atoms with Crippen LogP contribution in [0.1, 0.15) is 0 Å². The number of anilines is 1. The molecule has 78 valence electrons. The summed E-state index contributed by atoms with van der Waals surface area (Å²) in [5.74, 6) is 0. The highest BCUT2D eigenvalue weighted by molar-refractivity contribution is 5.83. The number of aromatic nitrogens is 3. The van der Waals surface area contributed by atoms with E-state index in [9.17, 15) is 0 Å². The van der Waals surface area contributed by atoms with E-state index in [2.05, 4.69) is 10.4 Å². The zero-order valence-corrected chi connectivity index (χ0v) is 8.37. The van der Waals surface area contributed by atoms with Crippen LogP contribution in [0.2, 0.25) is 0 Å². The largest absolute Gasteiger partial charge is 0.387 e. The summed E-state index contributed by atoms with van der Waals surface area (Å²) in [5.41, 5.74) is 6.19. The molecule has 0 unspecified atom stereocenters. The molecule has 0 radical (unpaired) electrons. The third-order valence-corrected chi connectivity index (χ3v) is 2.37. The molecule has 0 amide bonds. The molecular formula is C11H9N4O+. The van der Waals surface area contributed by atoms with Gasteiger partial charge < -0.3 is 5.73 Å². The molecule has 0 bridgehead atoms. The Labute approximate surface area is 91.1 Å². The first-order valence-corrected chi connectivity index (χ1v) is 4.84. The third-order valence-electron chi connectivity index (χ3n) is 2.37. The lowest BCUT2D eigenvalue weighted by molar-refractivity contribution is -0.724. The average molecular weight is 213 g/mol. The molecule has 0 aliphatic heterocycles. The topological polar surface area (TPSA) is 68.8 Å². The fourth-order valence-corrected chi connectivity index (χ4v) is 1.62. The Bertz CT molecular complexity index is 647. The molecule has 0 aliphatic rings. The predicted octanol–water partition coefficient (Wildman–Crippen LogP) is 1.08. The highest BCUT2D eigenvalue weighted by Gasteiger charge is 2.15. The molecule has 0 fully saturated rings. The Kier molecular flexibility index (Phi) is 1.83. The van der Waals surface area contributed by atoms with Crippen molar-refractivity contribution in [2.45, 2.75) is 0 Å². The minimum Gasteiger partial charge on any atom is -0.346 e. The summed E-state index contributed by atoms with van der Waals surface area (Å²) in [5, 5.41) is 9.89. The van der Waals surface area contributed by atoms with Gasteiger partial charge in [-0.1, -0.05) is 24.3 Å². The summed E-state index contributed by atoms with van der Waals surface area (Å²) in [7, 11) is 0. The molecule has 0 saturated carbocycles. The SMILES string of the molecule is Nc1n[n+](-c2ccc3ccccc3c2)no1. The summed E-state index contributed by atoms with van der Waals surface area (Å²) >= 11 is 0. The predicted molar refractivity (Wildman–Crippen MR) is 57.7 cm³/mol. The molecule has 2 N–H and O–H groups in total. The maximum atomic E-state index is 5.37. The Hall–Kier alpha value is -2.43. The van der Waals surface area contributed by atoms with Gasteiger partial charge in [0.2, 0.25) is 5.27 Å². The van der Waals surface area contributed by atoms with Gasteiger partial charge in [-0.15, -0.1) is 0 Å². The fraction of sp³-hybridized carbons (Fsp3) is 0. The van der Waals surface area contributed by atoms with Crippen molar-refractivity contribution >= 4 is 16.8 Å². The number of fused-ring (bicyclic) bond motifs is 1. The second kappa shape index (κ2) is 3.30. The van der Waals surface area contributed by atoms with Crippen molar-refractivity contribution in [3.8, 4) is 5.69 Å². The Morgan fingerprint density at radius 3 is 2.62 bits per heavy atom. The Morgan fingerprint density at radius 2 is 1.88 bits per heavy atom. The van der Waals surface area contributed by atoms with Crippen LogP contribution in [-0.4, -0.2) is 10.4 Å². The van der Waals surface area contributed by atoms with Crippen molar-refractivity contribution in [3.05, 3.63) is 42.5 Å². The Morgan fingerprint density at radius 1 is 1.06 bits per heavy atom. The molecular weight excluding hydrogens is 204 g/mol. The van der Waals surface area contributed by atoms with Gasteiger partial charge in [-0.25, -0.2) is 0 Å². The van der Waals surface area contributed by atoms with Crippen molar-refractivity contribution in [1.82, 2.24) is 10.4 Å². The van der Waals surface area contributed by atoms with Crippen molar-refractivity contribution in [3.63, 3.8) is 0 Å². The number of nitrogens with two attached hydrogens (primary N) is 1. The van der Waals surface area contributed by atoms with Crippen LogP contribution in [0.4, 0.5) is 6.01 Å². The number of rotatable bonds is 1. The number of nitrogen functional groups attached to an aromatic ring is 1. The van der Waals surface area contributed by atoms with Crippen LogP contribution < -0.4 is 10.5 Å². The second-order valence-electron chi connectivity index (χ2n) is 3.43. The van der Waals surface area contributed by atoms with Crippen molar-refractivity contribution in [2.75, 3.05) is 5.73 Å². The first kappa shape index (κ1) is 8.84. The minimum absolute atomic E-state index is 0.0492. The van der Waals surface area contributed by atoms with Crippen LogP contribution in [0.5, 0.6) is 0 Å². The quantitative estimate of drug-likeness (QED) is 0.614. The van der Waals surface area contributed by atoms with Gasteiger partial charge in [0, 0.05) is 12.1 Å². The lowest BCUT2D eigenvalue weighted by Gasteiger charge is -1.94. The van der Waals surface area contributed by atoms with Gasteiger partial charge >= 0.3 is 6.01 Å². The zero-order valence-electron chi connectivity index (χ0n) is 8.37. The molecule has 0 atom stereocenters. The maximum Gasteiger partial charge on any atom is 0.387 e. The second-order valence-corrected chi connectivity index (χ2v) is 3.43. The molecule has 5 nitrogen and oxygen atoms in total. The smallest absolute Gasteiger partial charge is 0.346 e. The van der Waals surface area contributed by atoms with Crippen LogP contribution in [0, 0.1) is 0 Å². The molecule has 1 heterocycles. The molecule has 2 aromatic carbocycles. The van der Waals surface area contributed by atoms with Crippen LogP contribution >= 0.6 is 0 Å². The van der Waals surface area contributed by atoms with Gasteiger partial charge in [0.15, 0.2) is 0 Å². The number of nitrogens with zero attached hydrogens (tertiary/aromatic N) is 3. The lowest BCUT2D eigenvalue weighted by Crippen LogP contribution is -2.35. The van der Waals surface area contributed by atoms with Crippen molar-refractivity contribution < 1.29 is 9.32 Å². The molecule has 0 spiro atoms. The van der Waals surface area contributed by atoms with Crippen LogP contribution in [0.3, 0.4) is 0 Å². The van der Waals surface area contributed by atoms with Crippen molar-refractivity contribution in [2.24, 2.45) is 0 Å². The van der Waals surface area contributed by atoms with E-state index in [1.165, 1.54) is 10.2 Å². The van der Waals surface area contributed by atoms with E-state index < -0.39 is 0 Å². The highest BCUT2D eigenvalue weighted by atomic mass is 16.5. The average Bonchev–Trinajstić information content (AvgIpc) is 2.75. The van der Waals surface area contributed by atoms with Crippen LogP contribution in [-0.2, 0) is 0 Å². The standard InChI is InChI=1S/C11H9N4O/c12-11-13-15(14-16-11)10-6-5-8-3-1-2-4-9(8)7-10/h1-7H,(H2,12,13,14)/q+1. The third kappa shape index (κ3) is 1.38. The van der Waals surface area contributed by atoms with E-state index in [1.807, 2.05) is 42.5 Å². The van der Waals surface area contributed by atoms with E-state index in [-0.39, 0.29) is 6.01 Å². The molecule has 0 aliphatic carbocycles. The van der Waals surface area contributed by atoms with Gasteiger partial charge in [-0.05, 0) is 16.8 Å². The summed E-state index contributed by atoms with van der Waals surface area (Å²) in [4.78, 5) is 1.36. The number of hydrogen-bond donors (Lipinski definition) is 1. The summed E-state index contributed by atoms with van der Waals surface area (Å²) < 4.78 is 4.71. The van der Waals surface area contributed by atoms with E-state index in [1.54, 1.807) is 0 Å². The molecule has 5 heteroatoms. The van der Waals surface area contributed by atoms with Crippen LogP contribution in [0.25, 0.3) is 16.5 Å². The van der Waals surface area contributed by atoms with Crippen molar-refractivity contribution in [1.29, 1.82) is 0 Å². The minimum atomic E-state index is 0.0492. The van der Waals surface area contributed by atoms with Gasteiger partial charge in [0.1, 0.15) is 4.80 Å². The fourth-order valence-electron chi connectivity index (χ4n) is 1.62. The van der Waals surface area contributed by atoms with E-state index >= 15 is 0 Å². The molecule has 3 rings (SSSR count). The van der Waals surface area contributed by atoms with E-state index in [0.717, 1.165) is 11.1 Å². The molecule has 16 heavy (non-hydrogen) atoms. The van der Waals surface area contributed by atoms with Gasteiger partial charge in [-0.2, -0.15) is 0 Å². The zero-order chi connectivity index (χ0) is 11.0.